The van der Waals surface area contributed by atoms with Gasteiger partial charge in [0.05, 0.1) is 0 Å². The van der Waals surface area contributed by atoms with Crippen molar-refractivity contribution in [2.75, 3.05) is 0 Å². The number of benzene rings is 1. The summed E-state index contributed by atoms with van der Waals surface area (Å²) in [5, 5.41) is 1.39. The molecular weight excluding hydrogens is 182 g/mol. The molecule has 0 N–H and O–H groups in total. The van der Waals surface area contributed by atoms with Crippen molar-refractivity contribution in [1.82, 2.24) is 4.57 Å². The van der Waals surface area contributed by atoms with Crippen LogP contribution < -0.4 is 0 Å². The van der Waals surface area contributed by atoms with Crippen LogP contribution in [0.1, 0.15) is 31.9 Å². The summed E-state index contributed by atoms with van der Waals surface area (Å²) in [5.74, 6) is 0. The van der Waals surface area contributed by atoms with Gasteiger partial charge in [-0.1, -0.05) is 32.4 Å². The van der Waals surface area contributed by atoms with Gasteiger partial charge in [0.15, 0.2) is 0 Å². The van der Waals surface area contributed by atoms with Gasteiger partial charge in [0, 0.05) is 24.1 Å². The fourth-order valence-electron chi connectivity index (χ4n) is 2.10. The van der Waals surface area contributed by atoms with Crippen LogP contribution in [-0.2, 0) is 12.5 Å². The van der Waals surface area contributed by atoms with Gasteiger partial charge in [0.25, 0.3) is 0 Å². The molecule has 1 heteroatoms. The smallest absolute Gasteiger partial charge is 0.0480 e. The van der Waals surface area contributed by atoms with Crippen molar-refractivity contribution in [2.45, 2.75) is 33.1 Å². The summed E-state index contributed by atoms with van der Waals surface area (Å²) in [6.45, 7) is 8.96. The molecule has 1 aromatic carbocycles. The van der Waals surface area contributed by atoms with E-state index in [-0.39, 0.29) is 5.41 Å². The van der Waals surface area contributed by atoms with Crippen molar-refractivity contribution in [2.24, 2.45) is 7.05 Å². The Hall–Kier alpha value is -1.24. The van der Waals surface area contributed by atoms with E-state index in [0.29, 0.717) is 0 Å². The highest BCUT2D eigenvalue weighted by Crippen LogP contribution is 2.31. The lowest BCUT2D eigenvalue weighted by Gasteiger charge is -2.17. The van der Waals surface area contributed by atoms with Crippen LogP contribution in [0, 0.1) is 6.92 Å². The summed E-state index contributed by atoms with van der Waals surface area (Å²) in [5.41, 5.74) is 4.31. The highest BCUT2D eigenvalue weighted by molar-refractivity contribution is 5.85. The number of fused-ring (bicyclic) bond motifs is 1. The van der Waals surface area contributed by atoms with Gasteiger partial charge in [-0.2, -0.15) is 0 Å². The Morgan fingerprint density at radius 1 is 1.13 bits per heavy atom. The second kappa shape index (κ2) is 3.13. The van der Waals surface area contributed by atoms with Crippen molar-refractivity contribution in [3.8, 4) is 0 Å². The first-order chi connectivity index (χ1) is 6.89. The Labute approximate surface area is 91.7 Å². The maximum atomic E-state index is 2.29. The molecule has 0 atom stereocenters. The van der Waals surface area contributed by atoms with E-state index in [1.165, 1.54) is 22.0 Å². The number of aromatic nitrogens is 1. The van der Waals surface area contributed by atoms with Gasteiger partial charge < -0.3 is 4.57 Å². The molecule has 1 aromatic heterocycles. The third kappa shape index (κ3) is 1.67. The summed E-state index contributed by atoms with van der Waals surface area (Å²) < 4.78 is 2.22. The van der Waals surface area contributed by atoms with Crippen molar-refractivity contribution >= 4 is 10.9 Å². The molecule has 80 valence electrons. The van der Waals surface area contributed by atoms with E-state index in [1.807, 2.05) is 0 Å². The van der Waals surface area contributed by atoms with Crippen molar-refractivity contribution in [3.63, 3.8) is 0 Å². The molecule has 0 saturated heterocycles. The Bertz CT molecular complexity index is 498. The molecule has 0 amide bonds. The molecule has 0 aliphatic carbocycles. The van der Waals surface area contributed by atoms with Gasteiger partial charge in [-0.25, -0.2) is 0 Å². The third-order valence-corrected chi connectivity index (χ3v) is 2.95. The van der Waals surface area contributed by atoms with Gasteiger partial charge in [0.2, 0.25) is 0 Å². The minimum atomic E-state index is 0.216. The Morgan fingerprint density at radius 2 is 1.80 bits per heavy atom. The minimum absolute atomic E-state index is 0.216. The number of hydrogen-bond donors (Lipinski definition) is 0. The van der Waals surface area contributed by atoms with Crippen LogP contribution in [0.25, 0.3) is 10.9 Å². The van der Waals surface area contributed by atoms with Crippen LogP contribution in [-0.4, -0.2) is 4.57 Å². The number of hydrogen-bond acceptors (Lipinski definition) is 0. The molecule has 2 rings (SSSR count). The van der Waals surface area contributed by atoms with Crippen LogP contribution in [0.2, 0.25) is 0 Å². The first-order valence-electron chi connectivity index (χ1n) is 5.46. The lowest BCUT2D eigenvalue weighted by molar-refractivity contribution is 0.593. The molecule has 1 heterocycles. The number of rotatable bonds is 0. The average Bonchev–Trinajstić information content (AvgIpc) is 2.42. The molecule has 0 spiro atoms. The molecule has 2 aromatic rings. The lowest BCUT2D eigenvalue weighted by Crippen LogP contribution is -2.10. The monoisotopic (exact) mass is 201 g/mol. The van der Waals surface area contributed by atoms with Crippen LogP contribution in [0.5, 0.6) is 0 Å². The molecule has 1 nitrogen and oxygen atoms in total. The highest BCUT2D eigenvalue weighted by Gasteiger charge is 2.19. The molecule has 0 fully saturated rings. The van der Waals surface area contributed by atoms with E-state index < -0.39 is 0 Å². The predicted octanol–water partition coefficient (Wildman–Crippen LogP) is 3.78. The fraction of sp³-hybridized carbons (Fsp3) is 0.429. The molecular formula is C14H19N. The lowest BCUT2D eigenvalue weighted by atomic mass is 9.86. The van der Waals surface area contributed by atoms with Gasteiger partial charge in [-0.15, -0.1) is 0 Å². The van der Waals surface area contributed by atoms with Crippen LogP contribution in [0.4, 0.5) is 0 Å². The molecule has 0 aliphatic rings. The standard InChI is InChI=1S/C14H19N/c1-10-6-7-13-11(8-10)12(9-15(13)5)14(2,3)4/h6-9H,1-5H3. The fourth-order valence-corrected chi connectivity index (χ4v) is 2.10. The van der Waals surface area contributed by atoms with E-state index in [9.17, 15) is 0 Å². The maximum absolute atomic E-state index is 2.29. The Kier molecular flexibility index (Phi) is 2.14. The summed E-state index contributed by atoms with van der Waals surface area (Å²) in [6, 6.07) is 6.67. The largest absolute Gasteiger partial charge is 0.350 e. The van der Waals surface area contributed by atoms with Crippen LogP contribution >= 0.6 is 0 Å². The highest BCUT2D eigenvalue weighted by atomic mass is 14.9. The maximum Gasteiger partial charge on any atom is 0.0480 e. The van der Waals surface area contributed by atoms with Gasteiger partial charge in [0.1, 0.15) is 0 Å². The average molecular weight is 201 g/mol. The Morgan fingerprint density at radius 3 is 2.40 bits per heavy atom. The zero-order valence-electron chi connectivity index (χ0n) is 10.3. The molecule has 0 radical (unpaired) electrons. The van der Waals surface area contributed by atoms with E-state index in [0.717, 1.165) is 0 Å². The molecule has 0 saturated carbocycles. The second-order valence-electron chi connectivity index (χ2n) is 5.42. The predicted molar refractivity (Wildman–Crippen MR) is 66.4 cm³/mol. The molecule has 0 bridgehead atoms. The summed E-state index contributed by atoms with van der Waals surface area (Å²) in [7, 11) is 2.12. The number of nitrogens with zero attached hydrogens (tertiary/aromatic N) is 1. The normalized spacial score (nSPS) is 12.3. The first-order valence-corrected chi connectivity index (χ1v) is 5.46. The topological polar surface area (TPSA) is 4.93 Å². The van der Waals surface area contributed by atoms with Crippen molar-refractivity contribution in [3.05, 3.63) is 35.5 Å². The second-order valence-corrected chi connectivity index (χ2v) is 5.42. The zero-order valence-corrected chi connectivity index (χ0v) is 10.3. The van der Waals surface area contributed by atoms with Gasteiger partial charge >= 0.3 is 0 Å². The van der Waals surface area contributed by atoms with Crippen LogP contribution in [0.15, 0.2) is 24.4 Å². The Balaban J connectivity index is 2.81. The van der Waals surface area contributed by atoms with E-state index >= 15 is 0 Å². The minimum Gasteiger partial charge on any atom is -0.350 e. The summed E-state index contributed by atoms with van der Waals surface area (Å²) in [4.78, 5) is 0. The third-order valence-electron chi connectivity index (χ3n) is 2.95. The SMILES string of the molecule is Cc1ccc2c(c1)c(C(C)(C)C)cn2C. The van der Waals surface area contributed by atoms with Crippen molar-refractivity contribution < 1.29 is 0 Å². The summed E-state index contributed by atoms with van der Waals surface area (Å²) in [6.07, 6.45) is 2.25. The molecule has 15 heavy (non-hydrogen) atoms. The van der Waals surface area contributed by atoms with Crippen LogP contribution in [0.3, 0.4) is 0 Å². The zero-order chi connectivity index (χ0) is 11.2. The molecule has 0 aliphatic heterocycles. The van der Waals surface area contributed by atoms with E-state index in [2.05, 4.69) is 63.7 Å². The van der Waals surface area contributed by atoms with Gasteiger partial charge in [-0.3, -0.25) is 0 Å². The number of aryl methyl sites for hydroxylation is 2. The summed E-state index contributed by atoms with van der Waals surface area (Å²) >= 11 is 0. The molecule has 0 unspecified atom stereocenters. The van der Waals surface area contributed by atoms with Crippen molar-refractivity contribution in [1.29, 1.82) is 0 Å². The quantitative estimate of drug-likeness (QED) is 0.611. The van der Waals surface area contributed by atoms with E-state index in [4.69, 9.17) is 0 Å². The van der Waals surface area contributed by atoms with Gasteiger partial charge in [-0.05, 0) is 30.0 Å². The van der Waals surface area contributed by atoms with E-state index in [1.54, 1.807) is 0 Å². The first kappa shape index (κ1) is 10.3.